The SMILES string of the molecule is CB1OC(=O)C(C(C)(C)C)O1. The summed E-state index contributed by atoms with van der Waals surface area (Å²) in [5, 5.41) is 0. The fourth-order valence-electron chi connectivity index (χ4n) is 1.06. The molecule has 0 aromatic heterocycles. The van der Waals surface area contributed by atoms with Crippen molar-refractivity contribution in [2.75, 3.05) is 0 Å². The molecule has 1 rings (SSSR count). The van der Waals surface area contributed by atoms with Crippen molar-refractivity contribution in [1.29, 1.82) is 0 Å². The Bertz CT molecular complexity index is 173. The highest BCUT2D eigenvalue weighted by Crippen LogP contribution is 2.27. The predicted molar refractivity (Wildman–Crippen MR) is 42.0 cm³/mol. The molecule has 0 bridgehead atoms. The van der Waals surface area contributed by atoms with E-state index in [4.69, 9.17) is 9.31 Å². The second-order valence-corrected chi connectivity index (χ2v) is 3.89. The highest BCUT2D eigenvalue weighted by Gasteiger charge is 2.43. The maximum absolute atomic E-state index is 11.1. The Labute approximate surface area is 67.2 Å². The van der Waals surface area contributed by atoms with E-state index in [-0.39, 0.29) is 18.5 Å². The third kappa shape index (κ3) is 1.74. The van der Waals surface area contributed by atoms with Gasteiger partial charge in [-0.05, 0) is 12.2 Å². The van der Waals surface area contributed by atoms with Crippen molar-refractivity contribution in [1.82, 2.24) is 0 Å². The van der Waals surface area contributed by atoms with Gasteiger partial charge in [-0.25, -0.2) is 0 Å². The molecule has 1 saturated heterocycles. The van der Waals surface area contributed by atoms with E-state index in [1.165, 1.54) is 0 Å². The fourth-order valence-corrected chi connectivity index (χ4v) is 1.06. The van der Waals surface area contributed by atoms with E-state index in [1.54, 1.807) is 6.82 Å². The van der Waals surface area contributed by atoms with Gasteiger partial charge >= 0.3 is 13.1 Å². The molecule has 1 heterocycles. The van der Waals surface area contributed by atoms with Crippen LogP contribution < -0.4 is 0 Å². The molecule has 1 atom stereocenters. The van der Waals surface area contributed by atoms with Gasteiger partial charge in [0.05, 0.1) is 0 Å². The largest absolute Gasteiger partial charge is 0.524 e. The van der Waals surface area contributed by atoms with Crippen LogP contribution in [0.3, 0.4) is 0 Å². The van der Waals surface area contributed by atoms with Crippen LogP contribution in [0.2, 0.25) is 6.82 Å². The Morgan fingerprint density at radius 1 is 1.45 bits per heavy atom. The van der Waals surface area contributed by atoms with Crippen LogP contribution in [-0.2, 0) is 14.1 Å². The molecule has 0 saturated carbocycles. The molecule has 0 aromatic carbocycles. The molecular formula is C7H13BO3. The quantitative estimate of drug-likeness (QED) is 0.492. The lowest BCUT2D eigenvalue weighted by atomic mass is 9.88. The van der Waals surface area contributed by atoms with Crippen molar-refractivity contribution < 1.29 is 14.1 Å². The molecule has 0 N–H and O–H groups in total. The standard InChI is InChI=1S/C7H13BO3/c1-7(2,3)5-6(9)11-8(4)10-5/h5H,1-4H3. The van der Waals surface area contributed by atoms with Crippen LogP contribution in [0.15, 0.2) is 0 Å². The number of carbonyl (C=O) groups excluding carboxylic acids is 1. The lowest BCUT2D eigenvalue weighted by Gasteiger charge is -2.22. The summed E-state index contributed by atoms with van der Waals surface area (Å²) in [5.74, 6) is -0.245. The van der Waals surface area contributed by atoms with Crippen LogP contribution in [0.4, 0.5) is 0 Å². The van der Waals surface area contributed by atoms with Gasteiger partial charge in [-0.1, -0.05) is 20.8 Å². The second-order valence-electron chi connectivity index (χ2n) is 3.89. The van der Waals surface area contributed by atoms with Crippen molar-refractivity contribution in [3.05, 3.63) is 0 Å². The van der Waals surface area contributed by atoms with Crippen molar-refractivity contribution in [3.63, 3.8) is 0 Å². The second kappa shape index (κ2) is 2.52. The van der Waals surface area contributed by atoms with Crippen LogP contribution in [0.5, 0.6) is 0 Å². The van der Waals surface area contributed by atoms with Crippen LogP contribution in [0, 0.1) is 5.41 Å². The summed E-state index contributed by atoms with van der Waals surface area (Å²) in [6, 6.07) is 0. The van der Waals surface area contributed by atoms with Gasteiger partial charge in [-0.2, -0.15) is 0 Å². The highest BCUT2D eigenvalue weighted by atomic mass is 16.7. The first kappa shape index (κ1) is 8.59. The van der Waals surface area contributed by atoms with Gasteiger partial charge < -0.3 is 9.31 Å². The molecule has 62 valence electrons. The van der Waals surface area contributed by atoms with Crippen LogP contribution in [-0.4, -0.2) is 19.2 Å². The summed E-state index contributed by atoms with van der Waals surface area (Å²) in [6.45, 7) is 7.59. The lowest BCUT2D eigenvalue weighted by Crippen LogP contribution is -2.32. The van der Waals surface area contributed by atoms with E-state index in [1.807, 2.05) is 20.8 Å². The van der Waals surface area contributed by atoms with E-state index < -0.39 is 6.10 Å². The Morgan fingerprint density at radius 2 is 2.00 bits per heavy atom. The van der Waals surface area contributed by atoms with Crippen molar-refractivity contribution >= 4 is 13.1 Å². The third-order valence-electron chi connectivity index (χ3n) is 1.61. The zero-order chi connectivity index (χ0) is 8.65. The predicted octanol–water partition coefficient (Wildman–Crippen LogP) is 1.09. The van der Waals surface area contributed by atoms with Crippen molar-refractivity contribution in [2.24, 2.45) is 5.41 Å². The van der Waals surface area contributed by atoms with Crippen molar-refractivity contribution in [2.45, 2.75) is 33.7 Å². The van der Waals surface area contributed by atoms with Crippen molar-refractivity contribution in [3.8, 4) is 0 Å². The number of carbonyl (C=O) groups is 1. The van der Waals surface area contributed by atoms with Gasteiger partial charge in [-0.3, -0.25) is 4.79 Å². The molecule has 11 heavy (non-hydrogen) atoms. The Morgan fingerprint density at radius 3 is 2.18 bits per heavy atom. The minimum absolute atomic E-state index is 0.165. The number of hydrogen-bond acceptors (Lipinski definition) is 3. The maximum Gasteiger partial charge on any atom is 0.524 e. The summed E-state index contributed by atoms with van der Waals surface area (Å²) in [7, 11) is -0.383. The topological polar surface area (TPSA) is 35.5 Å². The first-order chi connectivity index (χ1) is 4.91. The first-order valence-electron chi connectivity index (χ1n) is 3.77. The van der Waals surface area contributed by atoms with E-state index in [9.17, 15) is 4.79 Å². The van der Waals surface area contributed by atoms with Gasteiger partial charge in [-0.15, -0.1) is 0 Å². The average molecular weight is 156 g/mol. The van der Waals surface area contributed by atoms with E-state index >= 15 is 0 Å². The fraction of sp³-hybridized carbons (Fsp3) is 0.857. The maximum atomic E-state index is 11.1. The molecule has 0 aliphatic carbocycles. The summed E-state index contributed by atoms with van der Waals surface area (Å²) >= 11 is 0. The molecule has 3 nitrogen and oxygen atoms in total. The van der Waals surface area contributed by atoms with E-state index in [2.05, 4.69) is 0 Å². The van der Waals surface area contributed by atoms with E-state index in [0.29, 0.717) is 0 Å². The minimum atomic E-state index is -0.405. The molecule has 1 fully saturated rings. The molecule has 1 aliphatic heterocycles. The summed E-state index contributed by atoms with van der Waals surface area (Å²) in [5.41, 5.74) is -0.165. The third-order valence-corrected chi connectivity index (χ3v) is 1.61. The Hall–Kier alpha value is -0.505. The number of hydrogen-bond donors (Lipinski definition) is 0. The minimum Gasteiger partial charge on any atom is -0.508 e. The zero-order valence-corrected chi connectivity index (χ0v) is 7.38. The Kier molecular flexibility index (Phi) is 1.97. The van der Waals surface area contributed by atoms with Gasteiger partial charge in [0.15, 0.2) is 0 Å². The lowest BCUT2D eigenvalue weighted by molar-refractivity contribution is -0.139. The molecule has 0 spiro atoms. The summed E-state index contributed by atoms with van der Waals surface area (Å²) in [4.78, 5) is 11.1. The molecule has 4 heteroatoms. The molecule has 0 amide bonds. The number of rotatable bonds is 0. The highest BCUT2D eigenvalue weighted by molar-refractivity contribution is 6.47. The van der Waals surface area contributed by atoms with Crippen LogP contribution in [0.1, 0.15) is 20.8 Å². The summed E-state index contributed by atoms with van der Waals surface area (Å²) in [6.07, 6.45) is -0.405. The summed E-state index contributed by atoms with van der Waals surface area (Å²) < 4.78 is 10.1. The van der Waals surface area contributed by atoms with Gasteiger partial charge in [0.1, 0.15) is 6.10 Å². The monoisotopic (exact) mass is 156 g/mol. The van der Waals surface area contributed by atoms with Gasteiger partial charge in [0, 0.05) is 0 Å². The Balaban J connectivity index is 2.68. The smallest absolute Gasteiger partial charge is 0.508 e. The average Bonchev–Trinajstić information content (AvgIpc) is 2.08. The van der Waals surface area contributed by atoms with Gasteiger partial charge in [0.2, 0.25) is 0 Å². The normalized spacial score (nSPS) is 25.6. The molecule has 0 radical (unpaired) electrons. The van der Waals surface area contributed by atoms with Crippen LogP contribution >= 0.6 is 0 Å². The molecule has 1 unspecified atom stereocenters. The van der Waals surface area contributed by atoms with Crippen LogP contribution in [0.25, 0.3) is 0 Å². The first-order valence-corrected chi connectivity index (χ1v) is 3.77. The molecular weight excluding hydrogens is 143 g/mol. The molecule has 0 aromatic rings. The molecule has 1 aliphatic rings. The van der Waals surface area contributed by atoms with E-state index in [0.717, 1.165) is 0 Å². The van der Waals surface area contributed by atoms with Gasteiger partial charge in [0.25, 0.3) is 0 Å². The zero-order valence-electron chi connectivity index (χ0n) is 7.38.